The van der Waals surface area contributed by atoms with Crippen LogP contribution in [0.3, 0.4) is 0 Å². The monoisotopic (exact) mass is 1190 g/mol. The first-order chi connectivity index (χ1) is 17.4. The van der Waals surface area contributed by atoms with Gasteiger partial charge in [0.15, 0.2) is 11.0 Å². The van der Waals surface area contributed by atoms with Crippen LogP contribution in [0.25, 0.3) is 38.7 Å². The van der Waals surface area contributed by atoms with Crippen LogP contribution in [0.4, 0.5) is 11.4 Å². The summed E-state index contributed by atoms with van der Waals surface area (Å²) in [6.45, 7) is 8.10. The minimum absolute atomic E-state index is 0. The molecule has 201 valence electrons. The van der Waals surface area contributed by atoms with Crippen molar-refractivity contribution < 1.29 is 161 Å². The molecule has 0 spiro atoms. The van der Waals surface area contributed by atoms with Crippen LogP contribution in [0.2, 0.25) is 0 Å². The van der Waals surface area contributed by atoms with Crippen LogP contribution in [0.15, 0.2) is 21.3 Å². The number of aromatic hydroxyl groups is 2. The summed E-state index contributed by atoms with van der Waals surface area (Å²) in [4.78, 5) is 32.9. The Morgan fingerprint density at radius 2 is 1.70 bits per heavy atom. The van der Waals surface area contributed by atoms with E-state index >= 15 is 0 Å². The van der Waals surface area contributed by atoms with E-state index in [9.17, 15) is 24.9 Å². The van der Waals surface area contributed by atoms with Gasteiger partial charge in [-0.25, -0.2) is 4.98 Å². The molecule has 0 bridgehead atoms. The van der Waals surface area contributed by atoms with Crippen molar-refractivity contribution in [3.63, 3.8) is 0 Å². The van der Waals surface area contributed by atoms with Crippen LogP contribution < -0.4 is 20.4 Å². The SMILES string of the molecule is Cc1c2c(c3c(c(O)c([NH-])c4oc5cc(N6CC(C)NC(C)C6)cc(O)c5nc43)c1=O)C(=O)C(C)(O)O2.[Ac].[Ac].[Ac]. The Morgan fingerprint density at radius 3 is 2.33 bits per heavy atom. The number of benzene rings is 3. The number of aromatic nitrogens is 1. The zero-order chi connectivity index (χ0) is 26.5. The average Bonchev–Trinajstić information content (AvgIpc) is 3.07. The molecule has 3 aromatic carbocycles. The van der Waals surface area contributed by atoms with Crippen LogP contribution in [-0.2, 0) is 0 Å². The number of piperazine rings is 1. The number of nitrogens with zero attached hydrogens (tertiary/aromatic N) is 2. The van der Waals surface area contributed by atoms with Gasteiger partial charge in [-0.3, -0.25) is 9.59 Å². The zero-order valence-electron chi connectivity index (χ0n) is 22.3. The predicted octanol–water partition coefficient (Wildman–Crippen LogP) is 3.37. The Labute approximate surface area is 336 Å². The van der Waals surface area contributed by atoms with E-state index in [-0.39, 0.29) is 200 Å². The van der Waals surface area contributed by atoms with Crippen LogP contribution in [-0.4, -0.2) is 57.0 Å². The molecule has 40 heavy (non-hydrogen) atoms. The van der Waals surface area contributed by atoms with Crippen molar-refractivity contribution in [3.05, 3.63) is 39.2 Å². The van der Waals surface area contributed by atoms with Gasteiger partial charge in [-0.15, -0.1) is 0 Å². The molecule has 3 heterocycles. The fourth-order valence-electron chi connectivity index (χ4n) is 5.50. The van der Waals surface area contributed by atoms with Crippen molar-refractivity contribution in [2.45, 2.75) is 45.6 Å². The first-order valence-electron chi connectivity index (χ1n) is 11.9. The molecule has 1 fully saturated rings. The minimum atomic E-state index is -2.22. The quantitative estimate of drug-likeness (QED) is 0.126. The number of nitrogens with one attached hydrogen (secondary N) is 2. The van der Waals surface area contributed by atoms with Crippen molar-refractivity contribution in [3.8, 4) is 17.2 Å². The molecule has 2 aliphatic heterocycles. The Kier molecular flexibility index (Phi) is 10.7. The summed E-state index contributed by atoms with van der Waals surface area (Å²) in [5, 5.41) is 35.4. The molecular formula is C26H25Ac3N4O7-. The van der Waals surface area contributed by atoms with E-state index in [0.717, 1.165) is 6.92 Å². The molecule has 2 aliphatic rings. The molecule has 3 radical (unpaired) electrons. The number of fused-ring (bicyclic) bond motifs is 6. The van der Waals surface area contributed by atoms with Gasteiger partial charge in [-0.05, 0) is 20.8 Å². The third-order valence-corrected chi connectivity index (χ3v) is 7.13. The molecule has 14 heteroatoms. The second-order valence-corrected chi connectivity index (χ2v) is 10.1. The van der Waals surface area contributed by atoms with Crippen LogP contribution >= 0.6 is 0 Å². The number of hydrogen-bond donors (Lipinski definition) is 4. The molecule has 4 aromatic rings. The fraction of sp³-hybridized carbons (Fsp3) is 0.346. The van der Waals surface area contributed by atoms with Gasteiger partial charge in [0.05, 0.1) is 10.9 Å². The summed E-state index contributed by atoms with van der Waals surface area (Å²) in [5.74, 6) is -4.03. The third-order valence-electron chi connectivity index (χ3n) is 7.13. The molecule has 3 unspecified atom stereocenters. The molecule has 6 rings (SSSR count). The first-order valence-corrected chi connectivity index (χ1v) is 11.9. The fourth-order valence-corrected chi connectivity index (χ4v) is 5.50. The summed E-state index contributed by atoms with van der Waals surface area (Å²) < 4.78 is 11.4. The van der Waals surface area contributed by atoms with Gasteiger partial charge in [0.1, 0.15) is 33.9 Å². The number of carbonyl (C=O) groups excluding carboxylic acids is 1. The van der Waals surface area contributed by atoms with Crippen molar-refractivity contribution >= 4 is 50.1 Å². The van der Waals surface area contributed by atoms with Crippen LogP contribution in [0, 0.1) is 139 Å². The summed E-state index contributed by atoms with van der Waals surface area (Å²) in [7, 11) is 0. The van der Waals surface area contributed by atoms with Gasteiger partial charge in [-0.1, -0.05) is 5.69 Å². The number of phenols is 2. The summed E-state index contributed by atoms with van der Waals surface area (Å²) in [6, 6.07) is 3.71. The average molecular weight is 1190 g/mol. The smallest absolute Gasteiger partial charge is 0.270 e. The maximum Gasteiger partial charge on any atom is 0.270 e. The molecule has 1 aromatic heterocycles. The second kappa shape index (κ2) is 12.3. The molecule has 0 amide bonds. The summed E-state index contributed by atoms with van der Waals surface area (Å²) in [6.07, 6.45) is 0. The number of hydrogen-bond acceptors (Lipinski definition) is 10. The normalized spacial score (nSPS) is 21.9. The Bertz CT molecular complexity index is 1750. The third kappa shape index (κ3) is 5.38. The van der Waals surface area contributed by atoms with Gasteiger partial charge in [-0.2, -0.15) is 0 Å². The minimum Gasteiger partial charge on any atom is -0.693 e. The molecule has 5 N–H and O–H groups in total. The van der Waals surface area contributed by atoms with E-state index in [1.165, 1.54) is 6.92 Å². The topological polar surface area (TPSA) is 169 Å². The number of ketones is 1. The molecule has 11 nitrogen and oxygen atoms in total. The first kappa shape index (κ1) is 34.7. The Hall–Kier alpha value is 0.235. The summed E-state index contributed by atoms with van der Waals surface area (Å²) in [5.41, 5.74) is 7.89. The number of aliphatic hydroxyl groups is 1. The van der Waals surface area contributed by atoms with E-state index in [1.807, 2.05) is 0 Å². The van der Waals surface area contributed by atoms with Crippen LogP contribution in [0.1, 0.15) is 36.7 Å². The number of rotatable bonds is 1. The van der Waals surface area contributed by atoms with E-state index < -0.39 is 28.4 Å². The van der Waals surface area contributed by atoms with Gasteiger partial charge in [0.2, 0.25) is 5.78 Å². The largest absolute Gasteiger partial charge is 0.693 e. The maximum absolute atomic E-state index is 13.2. The van der Waals surface area contributed by atoms with E-state index in [2.05, 4.69) is 29.0 Å². The number of phenolic OH excluding ortho intramolecular Hbond substituents is 2. The predicted molar refractivity (Wildman–Crippen MR) is 137 cm³/mol. The number of Topliss-reactive ketones (excluding diaryl/α,β-unsaturated/α-hetero) is 1. The number of anilines is 1. The Morgan fingerprint density at radius 1 is 1.07 bits per heavy atom. The standard InChI is InChI=1S/C26H26N4O7.3Ac/c1-9-7-30(8-10(2)28-9)12-5-13(31)19-14(6-12)36-24-18(27)22(33)16-15(20(24)29-19)17-23(11(3)21(16)32)37-26(4,35)25(17)34;;;/h5-6,9-10,28,35H,7-8H2,1-4H3,(H4,27,29,31,32,33,34);;;/p-1. The van der Waals surface area contributed by atoms with Gasteiger partial charge in [0, 0.05) is 193 Å². The van der Waals surface area contributed by atoms with Crippen molar-refractivity contribution in [1.29, 1.82) is 0 Å². The van der Waals surface area contributed by atoms with Gasteiger partial charge < -0.3 is 40.4 Å². The number of carbonyl (C=O) groups is 1. The van der Waals surface area contributed by atoms with Crippen molar-refractivity contribution in [1.82, 2.24) is 10.3 Å². The molecular weight excluding hydrogens is 1160 g/mol. The van der Waals surface area contributed by atoms with Gasteiger partial charge in [0.25, 0.3) is 5.79 Å². The van der Waals surface area contributed by atoms with Crippen molar-refractivity contribution in [2.75, 3.05) is 18.0 Å². The number of ether oxygens (including phenoxy) is 1. The summed E-state index contributed by atoms with van der Waals surface area (Å²) >= 11 is 0. The zero-order valence-corrected chi connectivity index (χ0v) is 36.6. The van der Waals surface area contributed by atoms with Gasteiger partial charge >= 0.3 is 0 Å². The van der Waals surface area contributed by atoms with Crippen molar-refractivity contribution in [2.24, 2.45) is 0 Å². The molecule has 1 saturated heterocycles. The van der Waals surface area contributed by atoms with Crippen LogP contribution in [0.5, 0.6) is 17.2 Å². The molecule has 3 atom stereocenters. The van der Waals surface area contributed by atoms with E-state index in [0.29, 0.717) is 18.8 Å². The molecule has 0 saturated carbocycles. The van der Waals surface area contributed by atoms with E-state index in [4.69, 9.17) is 14.9 Å². The molecule has 0 aliphatic carbocycles. The van der Waals surface area contributed by atoms with E-state index in [1.54, 1.807) is 12.1 Å². The second-order valence-electron chi connectivity index (χ2n) is 10.1. The maximum atomic E-state index is 13.2. The Balaban J connectivity index is 0.00000147.